The van der Waals surface area contributed by atoms with E-state index in [2.05, 4.69) is 215 Å². The monoisotopic (exact) mass is 818 g/mol. The van der Waals surface area contributed by atoms with Crippen LogP contribution < -0.4 is 0 Å². The Morgan fingerprint density at radius 1 is 0.365 bits per heavy atom. The summed E-state index contributed by atoms with van der Waals surface area (Å²) >= 11 is 1.90. The molecule has 0 bridgehead atoms. The number of rotatable bonds is 4. The van der Waals surface area contributed by atoms with Gasteiger partial charge in [-0.15, -0.1) is 11.3 Å². The van der Waals surface area contributed by atoms with Crippen LogP contribution in [0.25, 0.3) is 130 Å². The smallest absolute Gasteiger partial charge is 0.162 e. The van der Waals surface area contributed by atoms with Gasteiger partial charge in [0.05, 0.1) is 27.8 Å². The van der Waals surface area contributed by atoms with E-state index in [1.807, 2.05) is 11.3 Å². The zero-order valence-electron chi connectivity index (χ0n) is 33.8. The maximum absolute atomic E-state index is 5.52. The lowest BCUT2D eigenvalue weighted by Crippen LogP contribution is -2.03. The quantitative estimate of drug-likeness (QED) is 0.177. The molecule has 14 aromatic rings. The first-order chi connectivity index (χ1) is 31.2. The fraction of sp³-hybridized carbons (Fsp3) is 0. The predicted molar refractivity (Wildman–Crippen MR) is 267 cm³/mol. The van der Waals surface area contributed by atoms with Gasteiger partial charge in [0.25, 0.3) is 0 Å². The summed E-state index contributed by atoms with van der Waals surface area (Å²) in [5, 5.41) is 14.7. The third kappa shape index (κ3) is 5.08. The van der Waals surface area contributed by atoms with Gasteiger partial charge in [-0.2, -0.15) is 0 Å². The molecule has 4 aromatic heterocycles. The largest absolute Gasteiger partial charge is 0.309 e. The lowest BCUT2D eigenvalue weighted by atomic mass is 9.99. The third-order valence-corrected chi connectivity index (χ3v) is 14.2. The first-order valence-electron chi connectivity index (χ1n) is 21.4. The van der Waals surface area contributed by atoms with Crippen LogP contribution >= 0.6 is 11.3 Å². The topological polar surface area (TPSA) is 35.6 Å². The molecule has 4 nitrogen and oxygen atoms in total. The van der Waals surface area contributed by atoms with Gasteiger partial charge in [-0.05, 0) is 75.5 Å². The van der Waals surface area contributed by atoms with E-state index in [0.717, 1.165) is 44.7 Å². The summed E-state index contributed by atoms with van der Waals surface area (Å²) in [5.41, 5.74) is 8.77. The van der Waals surface area contributed by atoms with E-state index in [1.54, 1.807) is 0 Å². The van der Waals surface area contributed by atoms with E-state index in [1.165, 1.54) is 79.7 Å². The summed E-state index contributed by atoms with van der Waals surface area (Å²) in [4.78, 5) is 10.9. The van der Waals surface area contributed by atoms with E-state index >= 15 is 0 Å². The zero-order valence-corrected chi connectivity index (χ0v) is 34.6. The van der Waals surface area contributed by atoms with E-state index in [0.29, 0.717) is 5.82 Å². The van der Waals surface area contributed by atoms with Crippen molar-refractivity contribution in [2.75, 3.05) is 0 Å². The van der Waals surface area contributed by atoms with Crippen molar-refractivity contribution in [1.29, 1.82) is 0 Å². The number of nitrogens with zero attached hydrogens (tertiary/aromatic N) is 4. The molecule has 0 aliphatic heterocycles. The summed E-state index contributed by atoms with van der Waals surface area (Å²) in [6.07, 6.45) is 0. The second-order valence-corrected chi connectivity index (χ2v) is 17.6. The SMILES string of the molecule is c1ccc(-n2c3ccccc3c3cc4c(cc32)sc2c4c3ccccc3c3c2c2ccccc2n3-c2cc(-c3ccc4ccccc4c3)nc(-c3ccc4ccccc4c3)n2)cc1. The van der Waals surface area contributed by atoms with Crippen molar-refractivity contribution in [3.05, 3.63) is 206 Å². The number of aromatic nitrogens is 4. The molecule has 292 valence electrons. The van der Waals surface area contributed by atoms with Crippen LogP contribution in [0, 0.1) is 0 Å². The molecule has 0 unspecified atom stereocenters. The van der Waals surface area contributed by atoms with Crippen LogP contribution in [-0.4, -0.2) is 19.1 Å². The minimum Gasteiger partial charge on any atom is -0.309 e. The van der Waals surface area contributed by atoms with Crippen LogP contribution in [0.5, 0.6) is 0 Å². The van der Waals surface area contributed by atoms with Crippen molar-refractivity contribution >= 4 is 107 Å². The highest BCUT2D eigenvalue weighted by atomic mass is 32.1. The average Bonchev–Trinajstić information content (AvgIpc) is 4.01. The van der Waals surface area contributed by atoms with E-state index in [4.69, 9.17) is 9.97 Å². The van der Waals surface area contributed by atoms with Crippen LogP contribution in [0.2, 0.25) is 0 Å². The Morgan fingerprint density at radius 3 is 1.73 bits per heavy atom. The number of hydrogen-bond donors (Lipinski definition) is 0. The maximum atomic E-state index is 5.52. The zero-order chi connectivity index (χ0) is 41.2. The Morgan fingerprint density at radius 2 is 0.968 bits per heavy atom. The fourth-order valence-corrected chi connectivity index (χ4v) is 11.5. The molecule has 0 aliphatic rings. The number of para-hydroxylation sites is 3. The molecule has 0 atom stereocenters. The Hall–Kier alpha value is -8.12. The summed E-state index contributed by atoms with van der Waals surface area (Å²) in [6, 6.07) is 74.7. The highest BCUT2D eigenvalue weighted by Crippen LogP contribution is 2.49. The second kappa shape index (κ2) is 13.2. The van der Waals surface area contributed by atoms with Crippen LogP contribution in [0.4, 0.5) is 0 Å². The van der Waals surface area contributed by atoms with Gasteiger partial charge < -0.3 is 4.57 Å². The number of thiophene rings is 1. The molecule has 0 N–H and O–H groups in total. The predicted octanol–water partition coefficient (Wildman–Crippen LogP) is 15.8. The highest BCUT2D eigenvalue weighted by molar-refractivity contribution is 7.27. The molecule has 0 amide bonds. The Labute approximate surface area is 365 Å². The molecule has 0 spiro atoms. The summed E-state index contributed by atoms with van der Waals surface area (Å²) < 4.78 is 7.38. The average molecular weight is 819 g/mol. The van der Waals surface area contributed by atoms with Crippen LogP contribution in [-0.2, 0) is 0 Å². The first-order valence-corrected chi connectivity index (χ1v) is 22.2. The Bertz CT molecular complexity index is 4110. The standard InChI is InChI=1S/C58H34N4S/c1-2-18-41(19-3-1)61-49-24-12-10-20-42(49)46-32-47-52(34-51(46)61)63-57-54(47)43-21-8-9-22-44(43)56-55(57)45-23-11-13-25-50(45)62(56)53-33-48(39-28-26-35-14-4-6-16-37(35)30-39)59-58(60-53)40-29-27-36-15-5-7-17-38(36)31-40/h1-34H. The summed E-state index contributed by atoms with van der Waals surface area (Å²) in [5.74, 6) is 1.53. The first kappa shape index (κ1) is 34.6. The van der Waals surface area contributed by atoms with Crippen molar-refractivity contribution < 1.29 is 0 Å². The van der Waals surface area contributed by atoms with Gasteiger partial charge in [0.15, 0.2) is 5.82 Å². The van der Waals surface area contributed by atoms with Gasteiger partial charge in [-0.1, -0.05) is 152 Å². The third-order valence-electron chi connectivity index (χ3n) is 13.0. The number of fused-ring (bicyclic) bond motifs is 15. The molecule has 10 aromatic carbocycles. The van der Waals surface area contributed by atoms with Crippen LogP contribution in [0.15, 0.2) is 206 Å². The highest BCUT2D eigenvalue weighted by Gasteiger charge is 2.24. The minimum atomic E-state index is 0.692. The van der Waals surface area contributed by atoms with E-state index in [9.17, 15) is 0 Å². The van der Waals surface area contributed by atoms with Crippen LogP contribution in [0.1, 0.15) is 0 Å². The Balaban J connectivity index is 1.10. The van der Waals surface area contributed by atoms with Gasteiger partial charge in [-0.25, -0.2) is 9.97 Å². The molecule has 5 heteroatoms. The van der Waals surface area contributed by atoms with E-state index < -0.39 is 0 Å². The molecule has 0 saturated heterocycles. The Kier molecular flexibility index (Phi) is 7.24. The van der Waals surface area contributed by atoms with Crippen molar-refractivity contribution in [2.24, 2.45) is 0 Å². The molecule has 14 rings (SSSR count). The minimum absolute atomic E-state index is 0.692. The molecule has 4 heterocycles. The number of hydrogen-bond acceptors (Lipinski definition) is 3. The fourth-order valence-electron chi connectivity index (χ4n) is 10.2. The normalized spacial score (nSPS) is 12.1. The van der Waals surface area contributed by atoms with Crippen molar-refractivity contribution in [3.8, 4) is 34.2 Å². The van der Waals surface area contributed by atoms with Gasteiger partial charge >= 0.3 is 0 Å². The lowest BCUT2D eigenvalue weighted by molar-refractivity contribution is 1.05. The number of benzene rings is 10. The molecule has 0 fully saturated rings. The van der Waals surface area contributed by atoms with Crippen molar-refractivity contribution in [2.45, 2.75) is 0 Å². The van der Waals surface area contributed by atoms with Gasteiger partial charge in [0, 0.05) is 70.0 Å². The molecule has 0 aliphatic carbocycles. The van der Waals surface area contributed by atoms with Crippen molar-refractivity contribution in [1.82, 2.24) is 19.1 Å². The molecule has 0 saturated carbocycles. The second-order valence-electron chi connectivity index (χ2n) is 16.5. The molecular weight excluding hydrogens is 785 g/mol. The summed E-state index contributed by atoms with van der Waals surface area (Å²) in [6.45, 7) is 0. The summed E-state index contributed by atoms with van der Waals surface area (Å²) in [7, 11) is 0. The molecule has 0 radical (unpaired) electrons. The van der Waals surface area contributed by atoms with Gasteiger partial charge in [-0.3, -0.25) is 4.57 Å². The van der Waals surface area contributed by atoms with Crippen LogP contribution in [0.3, 0.4) is 0 Å². The van der Waals surface area contributed by atoms with E-state index in [-0.39, 0.29) is 0 Å². The molecular formula is C58H34N4S. The molecule has 63 heavy (non-hydrogen) atoms. The van der Waals surface area contributed by atoms with Gasteiger partial charge in [0.2, 0.25) is 0 Å². The van der Waals surface area contributed by atoms with Gasteiger partial charge in [0.1, 0.15) is 5.82 Å². The lowest BCUT2D eigenvalue weighted by Gasteiger charge is -2.14. The van der Waals surface area contributed by atoms with Crippen molar-refractivity contribution in [3.63, 3.8) is 0 Å². The maximum Gasteiger partial charge on any atom is 0.162 e.